The van der Waals surface area contributed by atoms with Crippen LogP contribution in [0.3, 0.4) is 0 Å². The zero-order chi connectivity index (χ0) is 15.6. The summed E-state index contributed by atoms with van der Waals surface area (Å²) in [5, 5.41) is 0.414. The summed E-state index contributed by atoms with van der Waals surface area (Å²) in [5.74, 6) is -0.0962. The summed E-state index contributed by atoms with van der Waals surface area (Å²) in [5.41, 5.74) is 0.206. The predicted octanol–water partition coefficient (Wildman–Crippen LogP) is 3.07. The molecule has 0 saturated carbocycles. The van der Waals surface area contributed by atoms with E-state index in [0.29, 0.717) is 16.8 Å². The van der Waals surface area contributed by atoms with Gasteiger partial charge in [-0.2, -0.15) is 0 Å². The zero-order valence-electron chi connectivity index (χ0n) is 13.3. The molecule has 116 valence electrons. The number of rotatable bonds is 3. The molecule has 1 aromatic rings. The molecule has 0 aromatic carbocycles. The second kappa shape index (κ2) is 6.32. The van der Waals surface area contributed by atoms with E-state index < -0.39 is 0 Å². The lowest BCUT2D eigenvalue weighted by atomic mass is 9.87. The summed E-state index contributed by atoms with van der Waals surface area (Å²) in [7, 11) is 1.86. The summed E-state index contributed by atoms with van der Waals surface area (Å²) in [6.45, 7) is 8.61. The van der Waals surface area contributed by atoms with Crippen LogP contribution in [0.2, 0.25) is 5.02 Å². The standard InChI is InChI=1S/C16H24ClN3O/c1-12(2)20-10-7-16(3,8-11-20)19(4)15(21)14-13(17)6-5-9-18-14/h5-6,9,12H,7-8,10-11H2,1-4H3. The average Bonchev–Trinajstić information content (AvgIpc) is 2.46. The first-order valence-electron chi connectivity index (χ1n) is 7.48. The SMILES string of the molecule is CC(C)N1CCC(C)(N(C)C(=O)c2ncccc2Cl)CC1. The summed E-state index contributed by atoms with van der Waals surface area (Å²) < 4.78 is 0. The molecule has 1 aliphatic rings. The van der Waals surface area contributed by atoms with Gasteiger partial charge in [0, 0.05) is 37.9 Å². The number of carbonyl (C=O) groups is 1. The molecule has 0 unspecified atom stereocenters. The van der Waals surface area contributed by atoms with Gasteiger partial charge in [-0.05, 0) is 45.7 Å². The molecule has 2 rings (SSSR count). The molecule has 1 saturated heterocycles. The van der Waals surface area contributed by atoms with Crippen molar-refractivity contribution in [2.45, 2.75) is 45.2 Å². The number of nitrogens with zero attached hydrogens (tertiary/aromatic N) is 3. The Morgan fingerprint density at radius 3 is 2.57 bits per heavy atom. The van der Waals surface area contributed by atoms with Crippen LogP contribution in [0, 0.1) is 0 Å². The van der Waals surface area contributed by atoms with Crippen molar-refractivity contribution in [2.24, 2.45) is 0 Å². The molecule has 0 aliphatic carbocycles. The minimum Gasteiger partial charge on any atom is -0.335 e. The van der Waals surface area contributed by atoms with Gasteiger partial charge >= 0.3 is 0 Å². The van der Waals surface area contributed by atoms with Gasteiger partial charge in [0.15, 0.2) is 0 Å². The van der Waals surface area contributed by atoms with Crippen LogP contribution in [-0.4, -0.2) is 52.4 Å². The van der Waals surface area contributed by atoms with Crippen molar-refractivity contribution in [3.8, 4) is 0 Å². The quantitative estimate of drug-likeness (QED) is 0.861. The summed E-state index contributed by atoms with van der Waals surface area (Å²) >= 11 is 6.09. The van der Waals surface area contributed by atoms with E-state index >= 15 is 0 Å². The van der Waals surface area contributed by atoms with Crippen LogP contribution in [0.25, 0.3) is 0 Å². The number of likely N-dealkylation sites (tertiary alicyclic amines) is 1. The van der Waals surface area contributed by atoms with Gasteiger partial charge < -0.3 is 9.80 Å². The molecule has 1 aliphatic heterocycles. The van der Waals surface area contributed by atoms with Gasteiger partial charge in [0.1, 0.15) is 5.69 Å². The maximum atomic E-state index is 12.7. The molecule has 5 heteroatoms. The van der Waals surface area contributed by atoms with E-state index in [9.17, 15) is 4.79 Å². The van der Waals surface area contributed by atoms with Crippen LogP contribution < -0.4 is 0 Å². The summed E-state index contributed by atoms with van der Waals surface area (Å²) in [6.07, 6.45) is 3.55. The van der Waals surface area contributed by atoms with Crippen molar-refractivity contribution in [3.63, 3.8) is 0 Å². The van der Waals surface area contributed by atoms with Crippen LogP contribution in [-0.2, 0) is 0 Å². The van der Waals surface area contributed by atoms with Crippen molar-refractivity contribution in [3.05, 3.63) is 29.0 Å². The highest BCUT2D eigenvalue weighted by atomic mass is 35.5. The highest BCUT2D eigenvalue weighted by Crippen LogP contribution is 2.30. The molecule has 4 nitrogen and oxygen atoms in total. The number of aromatic nitrogens is 1. The largest absolute Gasteiger partial charge is 0.335 e. The lowest BCUT2D eigenvalue weighted by molar-refractivity contribution is 0.0313. The fourth-order valence-electron chi connectivity index (χ4n) is 2.80. The van der Waals surface area contributed by atoms with Crippen molar-refractivity contribution in [1.29, 1.82) is 0 Å². The summed E-state index contributed by atoms with van der Waals surface area (Å²) in [6, 6.07) is 4.00. The Labute approximate surface area is 132 Å². The van der Waals surface area contributed by atoms with Gasteiger partial charge in [0.2, 0.25) is 0 Å². The molecule has 1 fully saturated rings. The van der Waals surface area contributed by atoms with E-state index in [0.717, 1.165) is 25.9 Å². The van der Waals surface area contributed by atoms with E-state index in [4.69, 9.17) is 11.6 Å². The van der Waals surface area contributed by atoms with Crippen LogP contribution in [0.5, 0.6) is 0 Å². The minimum atomic E-state index is -0.136. The van der Waals surface area contributed by atoms with Crippen LogP contribution >= 0.6 is 11.6 Å². The van der Waals surface area contributed by atoms with E-state index in [-0.39, 0.29) is 11.4 Å². The maximum Gasteiger partial charge on any atom is 0.274 e. The minimum absolute atomic E-state index is 0.0962. The highest BCUT2D eigenvalue weighted by Gasteiger charge is 2.37. The molecular weight excluding hydrogens is 286 g/mol. The molecule has 0 bridgehead atoms. The number of pyridine rings is 1. The molecule has 2 heterocycles. The van der Waals surface area contributed by atoms with Crippen molar-refractivity contribution < 1.29 is 4.79 Å². The summed E-state index contributed by atoms with van der Waals surface area (Å²) in [4.78, 5) is 21.1. The Balaban J connectivity index is 2.11. The van der Waals surface area contributed by atoms with E-state index in [1.54, 1.807) is 18.3 Å². The number of hydrogen-bond acceptors (Lipinski definition) is 3. The third-order valence-electron chi connectivity index (χ3n) is 4.68. The fraction of sp³-hybridized carbons (Fsp3) is 0.625. The smallest absolute Gasteiger partial charge is 0.274 e. The lowest BCUT2D eigenvalue weighted by Gasteiger charge is -2.46. The molecule has 1 amide bonds. The van der Waals surface area contributed by atoms with Crippen molar-refractivity contribution in [2.75, 3.05) is 20.1 Å². The first kappa shape index (κ1) is 16.2. The Hall–Kier alpha value is -1.13. The highest BCUT2D eigenvalue weighted by molar-refractivity contribution is 6.33. The van der Waals surface area contributed by atoms with Crippen LogP contribution in [0.1, 0.15) is 44.1 Å². The second-order valence-corrected chi connectivity index (χ2v) is 6.73. The van der Waals surface area contributed by atoms with E-state index in [1.165, 1.54) is 0 Å². The van der Waals surface area contributed by atoms with Crippen LogP contribution in [0.15, 0.2) is 18.3 Å². The zero-order valence-corrected chi connectivity index (χ0v) is 14.0. The monoisotopic (exact) mass is 309 g/mol. The van der Waals surface area contributed by atoms with E-state index in [1.807, 2.05) is 11.9 Å². The van der Waals surface area contributed by atoms with Crippen molar-refractivity contribution in [1.82, 2.24) is 14.8 Å². The van der Waals surface area contributed by atoms with Crippen molar-refractivity contribution >= 4 is 17.5 Å². The Bertz CT molecular complexity index is 510. The Morgan fingerprint density at radius 2 is 2.05 bits per heavy atom. The van der Waals surface area contributed by atoms with Gasteiger partial charge in [-0.15, -0.1) is 0 Å². The molecule has 0 N–H and O–H groups in total. The number of piperidine rings is 1. The van der Waals surface area contributed by atoms with Gasteiger partial charge in [0.25, 0.3) is 5.91 Å². The predicted molar refractivity (Wildman–Crippen MR) is 85.7 cm³/mol. The average molecular weight is 310 g/mol. The van der Waals surface area contributed by atoms with E-state index in [2.05, 4.69) is 30.7 Å². The molecular formula is C16H24ClN3O. The lowest BCUT2D eigenvalue weighted by Crippen LogP contribution is -2.55. The third kappa shape index (κ3) is 3.38. The Kier molecular flexibility index (Phi) is 4.89. The Morgan fingerprint density at radius 1 is 1.43 bits per heavy atom. The number of carbonyl (C=O) groups excluding carboxylic acids is 1. The van der Waals surface area contributed by atoms with Crippen LogP contribution in [0.4, 0.5) is 0 Å². The topological polar surface area (TPSA) is 36.4 Å². The fourth-order valence-corrected chi connectivity index (χ4v) is 3.01. The number of halogens is 1. The maximum absolute atomic E-state index is 12.7. The number of hydrogen-bond donors (Lipinski definition) is 0. The van der Waals surface area contributed by atoms with Gasteiger partial charge in [0.05, 0.1) is 5.02 Å². The molecule has 0 atom stereocenters. The molecule has 0 spiro atoms. The first-order valence-corrected chi connectivity index (χ1v) is 7.86. The normalized spacial score (nSPS) is 18.8. The first-order chi connectivity index (χ1) is 9.85. The third-order valence-corrected chi connectivity index (χ3v) is 4.99. The molecule has 0 radical (unpaired) electrons. The second-order valence-electron chi connectivity index (χ2n) is 6.32. The van der Waals surface area contributed by atoms with Gasteiger partial charge in [-0.3, -0.25) is 4.79 Å². The number of amides is 1. The van der Waals surface area contributed by atoms with Gasteiger partial charge in [-0.25, -0.2) is 4.98 Å². The molecule has 21 heavy (non-hydrogen) atoms. The molecule has 1 aromatic heterocycles. The van der Waals surface area contributed by atoms with Gasteiger partial charge in [-0.1, -0.05) is 11.6 Å².